The van der Waals surface area contributed by atoms with Crippen molar-refractivity contribution in [1.29, 1.82) is 0 Å². The molecule has 2 N–H and O–H groups in total. The highest BCUT2D eigenvalue weighted by atomic mass is 35.5. The number of halogens is 4. The number of nitrogens with zero attached hydrogens (tertiary/aromatic N) is 1. The number of nitrogens with one attached hydrogen (secondary N) is 1. The van der Waals surface area contributed by atoms with Crippen molar-refractivity contribution in [3.05, 3.63) is 82.1 Å². The average molecular weight is 676 g/mol. The number of hydrogen-bond donors (Lipinski definition) is 0. The van der Waals surface area contributed by atoms with Crippen LogP contribution in [0.5, 0.6) is 11.5 Å². The summed E-state index contributed by atoms with van der Waals surface area (Å²) in [5.41, 5.74) is 0.858. The summed E-state index contributed by atoms with van der Waals surface area (Å²) in [7, 11) is -3.88. The molecule has 1 aromatic heterocycles. The fraction of sp³-hybridized carbons (Fsp3) is 0.379. The number of morpholine rings is 1. The Morgan fingerprint density at radius 3 is 2.43 bits per heavy atom. The van der Waals surface area contributed by atoms with E-state index in [0.29, 0.717) is 23.7 Å². The minimum absolute atomic E-state index is 0. The number of rotatable bonds is 12. The molecule has 3 aromatic rings. The van der Waals surface area contributed by atoms with Crippen molar-refractivity contribution in [2.75, 3.05) is 26.3 Å². The van der Waals surface area contributed by atoms with Crippen LogP contribution in [0.25, 0.3) is 0 Å². The quantitative estimate of drug-likeness (QED) is 0.247. The summed E-state index contributed by atoms with van der Waals surface area (Å²) < 4.78 is 75.8. The van der Waals surface area contributed by atoms with Crippen LogP contribution in [-0.2, 0) is 30.7 Å². The van der Waals surface area contributed by atoms with Crippen molar-refractivity contribution < 1.29 is 51.4 Å². The summed E-state index contributed by atoms with van der Waals surface area (Å²) in [6, 6.07) is 12.1. The maximum Gasteiger partial charge on any atom is 0.387 e. The standard InChI is InChI=1S/C29H28Cl2F2N2O7S.H2O/c30-22-14-34-15-23(31)21(22)13-25(19-8-9-24(42-29(32)33)26(12-19)40-17-18-6-7-18)41-28(36)27-16-35(10-11-39-27)43(37,38)20-4-2-1-3-5-20;/h1-5,8-9,12,14-15,18,25,27,29H,6-7,10-11,13,16-17H2;1H2/t25-,27-;/m0./s1. The van der Waals surface area contributed by atoms with Gasteiger partial charge < -0.3 is 24.4 Å². The summed E-state index contributed by atoms with van der Waals surface area (Å²) in [6.45, 7) is -2.98. The Kier molecular flexibility index (Phi) is 11.4. The van der Waals surface area contributed by atoms with Gasteiger partial charge in [0.15, 0.2) is 30.0 Å². The van der Waals surface area contributed by atoms with Crippen molar-refractivity contribution in [3.8, 4) is 11.5 Å². The molecule has 0 radical (unpaired) electrons. The predicted octanol–water partition coefficient (Wildman–Crippen LogP) is 4.94. The molecule has 2 fully saturated rings. The second-order valence-corrected chi connectivity index (χ2v) is 12.9. The van der Waals surface area contributed by atoms with Crippen LogP contribution in [-0.4, -0.2) is 63.2 Å². The van der Waals surface area contributed by atoms with E-state index in [4.69, 9.17) is 37.4 Å². The Morgan fingerprint density at radius 2 is 1.77 bits per heavy atom. The van der Waals surface area contributed by atoms with E-state index < -0.39 is 34.8 Å². The number of sulfonamides is 1. The lowest BCUT2D eigenvalue weighted by molar-refractivity contribution is -0.377. The van der Waals surface area contributed by atoms with Gasteiger partial charge in [-0.25, -0.2) is 18.2 Å². The number of alkyl halides is 2. The molecular weight excluding hydrogens is 645 g/mol. The maximum absolute atomic E-state index is 13.5. The first kappa shape index (κ1) is 33.8. The monoisotopic (exact) mass is 674 g/mol. The number of aromatic nitrogens is 1. The number of pyridine rings is 1. The van der Waals surface area contributed by atoms with Crippen LogP contribution in [0.15, 0.2) is 65.8 Å². The molecule has 0 spiro atoms. The number of H-pyrrole nitrogens is 1. The number of esters is 1. The number of hydrogen-bond acceptors (Lipinski definition) is 8. The van der Waals surface area contributed by atoms with Gasteiger partial charge in [-0.15, -0.1) is 0 Å². The number of carbonyl (C=O) groups is 1. The molecule has 2 aliphatic rings. The Morgan fingerprint density at radius 1 is 1.07 bits per heavy atom. The molecule has 0 amide bonds. The summed E-state index contributed by atoms with van der Waals surface area (Å²) >= 11 is 12.8. The molecule has 0 bridgehead atoms. The molecule has 1 aliphatic heterocycles. The van der Waals surface area contributed by atoms with Crippen molar-refractivity contribution in [2.24, 2.45) is 5.92 Å². The molecule has 2 aromatic carbocycles. The number of ether oxygens (including phenoxy) is 4. The summed E-state index contributed by atoms with van der Waals surface area (Å²) in [6.07, 6.45) is 2.74. The molecule has 5 rings (SSSR count). The van der Waals surface area contributed by atoms with E-state index >= 15 is 0 Å². The van der Waals surface area contributed by atoms with E-state index in [2.05, 4.69) is 9.72 Å². The minimum Gasteiger partial charge on any atom is -0.870 e. The Labute approximate surface area is 263 Å². The van der Waals surface area contributed by atoms with E-state index in [9.17, 15) is 22.0 Å². The molecule has 1 saturated heterocycles. The maximum atomic E-state index is 13.5. The third-order valence-corrected chi connectivity index (χ3v) is 9.60. The molecule has 238 valence electrons. The van der Waals surface area contributed by atoms with Gasteiger partial charge in [-0.1, -0.05) is 47.5 Å². The van der Waals surface area contributed by atoms with Gasteiger partial charge in [-0.2, -0.15) is 13.1 Å². The first-order valence-corrected chi connectivity index (χ1v) is 15.7. The molecule has 44 heavy (non-hydrogen) atoms. The smallest absolute Gasteiger partial charge is 0.387 e. The van der Waals surface area contributed by atoms with Crippen LogP contribution in [0.4, 0.5) is 8.78 Å². The number of aromatic amines is 1. The Bertz CT molecular complexity index is 1530. The first-order chi connectivity index (χ1) is 20.6. The van der Waals surface area contributed by atoms with E-state index in [0.717, 1.165) is 12.8 Å². The van der Waals surface area contributed by atoms with Gasteiger partial charge in [0, 0.05) is 18.5 Å². The van der Waals surface area contributed by atoms with Crippen molar-refractivity contribution in [3.63, 3.8) is 0 Å². The first-order valence-electron chi connectivity index (χ1n) is 13.5. The van der Waals surface area contributed by atoms with Crippen molar-refractivity contribution in [2.45, 2.75) is 43.0 Å². The molecule has 1 saturated carbocycles. The average Bonchev–Trinajstić information content (AvgIpc) is 3.83. The summed E-state index contributed by atoms with van der Waals surface area (Å²) in [5.74, 6) is -0.583. The number of benzene rings is 2. The van der Waals surface area contributed by atoms with Crippen molar-refractivity contribution in [1.82, 2.24) is 4.31 Å². The molecular formula is C29H30Cl2F2N2O8S. The second kappa shape index (κ2) is 14.8. The van der Waals surface area contributed by atoms with E-state index in [-0.39, 0.29) is 58.0 Å². The summed E-state index contributed by atoms with van der Waals surface area (Å²) in [5, 5.41) is 0.566. The van der Waals surface area contributed by atoms with Crippen LogP contribution in [0.1, 0.15) is 30.1 Å². The minimum atomic E-state index is -3.88. The third kappa shape index (κ3) is 8.34. The van der Waals surface area contributed by atoms with Gasteiger partial charge in [0.05, 0.1) is 24.7 Å². The molecule has 1 aliphatic carbocycles. The zero-order valence-corrected chi connectivity index (χ0v) is 25.5. The fourth-order valence-corrected chi connectivity index (χ4v) is 6.53. The molecule has 2 heterocycles. The normalized spacial score (nSPS) is 17.9. The van der Waals surface area contributed by atoms with Gasteiger partial charge in [0.2, 0.25) is 10.0 Å². The van der Waals surface area contributed by atoms with E-state index in [1.165, 1.54) is 47.0 Å². The Hall–Kier alpha value is -3.07. The molecule has 0 unspecified atom stereocenters. The lowest BCUT2D eigenvalue weighted by atomic mass is 10.0. The van der Waals surface area contributed by atoms with Crippen molar-refractivity contribution >= 4 is 39.2 Å². The third-order valence-electron chi connectivity index (χ3n) is 7.04. The molecule has 2 atom stereocenters. The zero-order valence-electron chi connectivity index (χ0n) is 23.2. The SMILES string of the molecule is O=C(O[C@@H](Cc1c(Cl)c[nH+]cc1Cl)c1ccc(OC(F)F)c(OCC2CC2)c1)[C@@H]1CN(S(=O)(=O)c2ccccc2)CCO1.[OH-]. The topological polar surface area (TPSA) is 136 Å². The number of carbonyl (C=O) groups excluding carboxylic acids is 1. The van der Waals surface area contributed by atoms with E-state index in [1.807, 2.05) is 0 Å². The van der Waals surface area contributed by atoms with Crippen LogP contribution in [0.2, 0.25) is 10.0 Å². The van der Waals surface area contributed by atoms with Gasteiger partial charge in [-0.05, 0) is 48.6 Å². The van der Waals surface area contributed by atoms with E-state index in [1.54, 1.807) is 18.2 Å². The lowest BCUT2D eigenvalue weighted by Gasteiger charge is -2.32. The predicted molar refractivity (Wildman–Crippen MR) is 154 cm³/mol. The highest BCUT2D eigenvalue weighted by Gasteiger charge is 2.36. The largest absolute Gasteiger partial charge is 0.870 e. The van der Waals surface area contributed by atoms with Gasteiger partial charge >= 0.3 is 12.6 Å². The second-order valence-electron chi connectivity index (χ2n) is 10.1. The molecule has 15 heteroatoms. The van der Waals surface area contributed by atoms with Crippen LogP contribution < -0.4 is 14.5 Å². The highest BCUT2D eigenvalue weighted by Crippen LogP contribution is 2.38. The lowest BCUT2D eigenvalue weighted by Crippen LogP contribution is -2.49. The van der Waals surface area contributed by atoms with Crippen LogP contribution in [0.3, 0.4) is 0 Å². The summed E-state index contributed by atoms with van der Waals surface area (Å²) in [4.78, 5) is 16.4. The van der Waals surface area contributed by atoms with Gasteiger partial charge in [0.25, 0.3) is 0 Å². The Balaban J connectivity index is 0.00000442. The zero-order chi connectivity index (χ0) is 30.6. The highest BCUT2D eigenvalue weighted by molar-refractivity contribution is 7.89. The van der Waals surface area contributed by atoms with Gasteiger partial charge in [-0.3, -0.25) is 0 Å². The fourth-order valence-electron chi connectivity index (χ4n) is 4.55. The molecule has 10 nitrogen and oxygen atoms in total. The van der Waals surface area contributed by atoms with Gasteiger partial charge in [0.1, 0.15) is 16.1 Å². The van der Waals surface area contributed by atoms with Crippen LogP contribution >= 0.6 is 23.2 Å². The van der Waals surface area contributed by atoms with Crippen LogP contribution in [0, 0.1) is 5.92 Å².